The number of hydrogen-bond acceptors (Lipinski definition) is 3. The number of fused-ring (bicyclic) bond motifs is 1. The van der Waals surface area contributed by atoms with Crippen LogP contribution in [0.15, 0.2) is 59.5 Å². The van der Waals surface area contributed by atoms with Crippen LogP contribution in [0.3, 0.4) is 0 Å². The Morgan fingerprint density at radius 3 is 2.50 bits per heavy atom. The van der Waals surface area contributed by atoms with Gasteiger partial charge in [-0.3, -0.25) is 4.79 Å². The SMILES string of the molecule is O=C(CSc1ccccc1)NCCn1c(C(F)(F)F)nc2ccccc21. The highest BCUT2D eigenvalue weighted by Gasteiger charge is 2.37. The van der Waals surface area contributed by atoms with Crippen molar-refractivity contribution in [3.8, 4) is 0 Å². The van der Waals surface area contributed by atoms with E-state index < -0.39 is 12.0 Å². The van der Waals surface area contributed by atoms with Crippen molar-refractivity contribution in [2.75, 3.05) is 12.3 Å². The fourth-order valence-electron chi connectivity index (χ4n) is 2.54. The van der Waals surface area contributed by atoms with Crippen molar-refractivity contribution in [1.29, 1.82) is 0 Å². The van der Waals surface area contributed by atoms with E-state index in [9.17, 15) is 18.0 Å². The summed E-state index contributed by atoms with van der Waals surface area (Å²) in [5.41, 5.74) is 0.679. The molecule has 0 atom stereocenters. The van der Waals surface area contributed by atoms with Gasteiger partial charge in [-0.15, -0.1) is 11.8 Å². The normalized spacial score (nSPS) is 11.7. The molecule has 0 aliphatic rings. The maximum Gasteiger partial charge on any atom is 0.449 e. The molecule has 0 unspecified atom stereocenters. The molecule has 4 nitrogen and oxygen atoms in total. The molecule has 1 aromatic heterocycles. The lowest BCUT2D eigenvalue weighted by molar-refractivity contribution is -0.146. The van der Waals surface area contributed by atoms with E-state index in [0.717, 1.165) is 9.46 Å². The first-order valence-corrected chi connectivity index (χ1v) is 8.91. The number of halogens is 3. The minimum absolute atomic E-state index is 0.00288. The molecule has 1 amide bonds. The second-order valence-electron chi connectivity index (χ2n) is 5.53. The lowest BCUT2D eigenvalue weighted by atomic mass is 10.3. The third-order valence-electron chi connectivity index (χ3n) is 3.68. The Labute approximate surface area is 152 Å². The number of thioether (sulfide) groups is 1. The monoisotopic (exact) mass is 379 g/mol. The van der Waals surface area contributed by atoms with Gasteiger partial charge in [0.25, 0.3) is 0 Å². The highest BCUT2D eigenvalue weighted by molar-refractivity contribution is 8.00. The molecule has 0 aliphatic carbocycles. The van der Waals surface area contributed by atoms with Crippen LogP contribution in [0, 0.1) is 0 Å². The molecule has 136 valence electrons. The average molecular weight is 379 g/mol. The fourth-order valence-corrected chi connectivity index (χ4v) is 3.29. The molecule has 1 heterocycles. The molecule has 0 saturated heterocycles. The Balaban J connectivity index is 1.62. The lowest BCUT2D eigenvalue weighted by Crippen LogP contribution is -2.29. The molecule has 8 heteroatoms. The van der Waals surface area contributed by atoms with Gasteiger partial charge in [0, 0.05) is 18.0 Å². The number of carbonyl (C=O) groups excluding carboxylic acids is 1. The summed E-state index contributed by atoms with van der Waals surface area (Å²) < 4.78 is 40.7. The van der Waals surface area contributed by atoms with Crippen LogP contribution in [0.4, 0.5) is 13.2 Å². The second kappa shape index (κ2) is 7.82. The number of para-hydroxylation sites is 2. The third-order valence-corrected chi connectivity index (χ3v) is 4.69. The van der Waals surface area contributed by atoms with Crippen LogP contribution in [0.5, 0.6) is 0 Å². The number of imidazole rings is 1. The molecule has 3 rings (SSSR count). The van der Waals surface area contributed by atoms with E-state index in [1.807, 2.05) is 30.3 Å². The van der Waals surface area contributed by atoms with Gasteiger partial charge in [-0.05, 0) is 24.3 Å². The first kappa shape index (κ1) is 18.3. The summed E-state index contributed by atoms with van der Waals surface area (Å²) in [5, 5.41) is 2.66. The van der Waals surface area contributed by atoms with Crippen molar-refractivity contribution >= 4 is 28.7 Å². The van der Waals surface area contributed by atoms with Gasteiger partial charge in [0.1, 0.15) is 0 Å². The molecular weight excluding hydrogens is 363 g/mol. The Hall–Kier alpha value is -2.48. The summed E-state index contributed by atoms with van der Waals surface area (Å²) in [6, 6.07) is 15.9. The molecular formula is C18H16F3N3OS. The van der Waals surface area contributed by atoms with E-state index >= 15 is 0 Å². The van der Waals surface area contributed by atoms with Gasteiger partial charge in [0.15, 0.2) is 0 Å². The molecule has 1 N–H and O–H groups in total. The minimum Gasteiger partial charge on any atom is -0.354 e. The number of rotatable bonds is 6. The highest BCUT2D eigenvalue weighted by Crippen LogP contribution is 2.31. The predicted molar refractivity (Wildman–Crippen MR) is 94.9 cm³/mol. The molecule has 0 radical (unpaired) electrons. The van der Waals surface area contributed by atoms with E-state index in [4.69, 9.17) is 0 Å². The Bertz CT molecular complexity index is 894. The smallest absolute Gasteiger partial charge is 0.354 e. The maximum atomic E-state index is 13.2. The number of carbonyl (C=O) groups is 1. The number of alkyl halides is 3. The molecule has 2 aromatic carbocycles. The number of benzene rings is 2. The number of amides is 1. The molecule has 0 bridgehead atoms. The van der Waals surface area contributed by atoms with Crippen molar-refractivity contribution in [1.82, 2.24) is 14.9 Å². The molecule has 26 heavy (non-hydrogen) atoms. The lowest BCUT2D eigenvalue weighted by Gasteiger charge is -2.12. The van der Waals surface area contributed by atoms with Gasteiger partial charge in [0.2, 0.25) is 11.7 Å². The molecule has 0 spiro atoms. The van der Waals surface area contributed by atoms with Gasteiger partial charge in [0.05, 0.1) is 16.8 Å². The van der Waals surface area contributed by atoms with E-state index in [1.165, 1.54) is 17.8 Å². The Kier molecular flexibility index (Phi) is 5.51. The van der Waals surface area contributed by atoms with Crippen LogP contribution in [0.1, 0.15) is 5.82 Å². The number of nitrogens with zero attached hydrogens (tertiary/aromatic N) is 2. The van der Waals surface area contributed by atoms with E-state index in [-0.39, 0.29) is 30.3 Å². The van der Waals surface area contributed by atoms with Crippen LogP contribution in [-0.2, 0) is 17.5 Å². The zero-order valence-corrected chi connectivity index (χ0v) is 14.5. The summed E-state index contributed by atoms with van der Waals surface area (Å²) in [5.74, 6) is -0.968. The molecule has 3 aromatic rings. The van der Waals surface area contributed by atoms with Gasteiger partial charge < -0.3 is 9.88 Å². The highest BCUT2D eigenvalue weighted by atomic mass is 32.2. The first-order valence-electron chi connectivity index (χ1n) is 7.92. The van der Waals surface area contributed by atoms with Crippen molar-refractivity contribution in [3.63, 3.8) is 0 Å². The summed E-state index contributed by atoms with van der Waals surface area (Å²) >= 11 is 1.38. The zero-order valence-electron chi connectivity index (χ0n) is 13.7. The average Bonchev–Trinajstić information content (AvgIpc) is 3.00. The Morgan fingerprint density at radius 1 is 1.08 bits per heavy atom. The first-order chi connectivity index (χ1) is 12.4. The predicted octanol–water partition coefficient (Wildman–Crippen LogP) is 3.96. The van der Waals surface area contributed by atoms with Gasteiger partial charge in [-0.25, -0.2) is 4.98 Å². The minimum atomic E-state index is -4.55. The van der Waals surface area contributed by atoms with E-state index in [1.54, 1.807) is 18.2 Å². The van der Waals surface area contributed by atoms with Crippen molar-refractivity contribution in [2.24, 2.45) is 0 Å². The maximum absolute atomic E-state index is 13.2. The fraction of sp³-hybridized carbons (Fsp3) is 0.222. The Morgan fingerprint density at radius 2 is 1.77 bits per heavy atom. The van der Waals surface area contributed by atoms with Gasteiger partial charge >= 0.3 is 6.18 Å². The van der Waals surface area contributed by atoms with Crippen LogP contribution in [-0.4, -0.2) is 27.8 Å². The van der Waals surface area contributed by atoms with Crippen molar-refractivity contribution in [3.05, 3.63) is 60.4 Å². The zero-order chi connectivity index (χ0) is 18.6. The summed E-state index contributed by atoms with van der Waals surface area (Å²) in [4.78, 5) is 16.6. The molecule has 0 aliphatic heterocycles. The largest absolute Gasteiger partial charge is 0.449 e. The molecule has 0 fully saturated rings. The summed E-state index contributed by atoms with van der Waals surface area (Å²) in [6.45, 7) is 0.0920. The van der Waals surface area contributed by atoms with Gasteiger partial charge in [-0.1, -0.05) is 30.3 Å². The van der Waals surface area contributed by atoms with Crippen LogP contribution in [0.25, 0.3) is 11.0 Å². The van der Waals surface area contributed by atoms with Crippen LogP contribution >= 0.6 is 11.8 Å². The van der Waals surface area contributed by atoms with Crippen LogP contribution < -0.4 is 5.32 Å². The van der Waals surface area contributed by atoms with Crippen molar-refractivity contribution < 1.29 is 18.0 Å². The second-order valence-corrected chi connectivity index (χ2v) is 6.57. The summed E-state index contributed by atoms with van der Waals surface area (Å²) in [6.07, 6.45) is -4.55. The quantitative estimate of drug-likeness (QED) is 0.660. The van der Waals surface area contributed by atoms with Gasteiger partial charge in [-0.2, -0.15) is 13.2 Å². The van der Waals surface area contributed by atoms with Crippen molar-refractivity contribution in [2.45, 2.75) is 17.6 Å². The van der Waals surface area contributed by atoms with E-state index in [0.29, 0.717) is 5.52 Å². The topological polar surface area (TPSA) is 46.9 Å². The number of nitrogens with one attached hydrogen (secondary N) is 1. The molecule has 0 saturated carbocycles. The summed E-state index contributed by atoms with van der Waals surface area (Å²) in [7, 11) is 0. The number of aromatic nitrogens is 2. The van der Waals surface area contributed by atoms with Crippen LogP contribution in [0.2, 0.25) is 0 Å². The number of hydrogen-bond donors (Lipinski definition) is 1. The third kappa shape index (κ3) is 4.37. The van der Waals surface area contributed by atoms with E-state index in [2.05, 4.69) is 10.3 Å². The standard InChI is InChI=1S/C18H16F3N3OS/c19-18(20,21)17-23-14-8-4-5-9-15(14)24(17)11-10-22-16(25)12-26-13-6-2-1-3-7-13/h1-9H,10-12H2,(H,22,25).